The summed E-state index contributed by atoms with van der Waals surface area (Å²) >= 11 is 0. The molecule has 0 aliphatic heterocycles. The third-order valence-electron chi connectivity index (χ3n) is 2.08. The first-order valence-electron chi connectivity index (χ1n) is 4.65. The molecule has 0 saturated heterocycles. The van der Waals surface area contributed by atoms with Crippen LogP contribution in [0.2, 0.25) is 0 Å². The standard InChI is InChI=1S/C9H18NO2/c1-3-5-6-8(4-2)7-10-9(11)12/h8,10H,3-7H2,1-2H3. The van der Waals surface area contributed by atoms with Crippen molar-refractivity contribution in [1.29, 1.82) is 0 Å². The molecule has 1 amide bonds. The molecule has 0 aliphatic rings. The zero-order valence-corrected chi connectivity index (χ0v) is 7.93. The lowest BCUT2D eigenvalue weighted by Crippen LogP contribution is -2.26. The number of amides is 1. The van der Waals surface area contributed by atoms with Crippen LogP contribution in [0.3, 0.4) is 0 Å². The highest BCUT2D eigenvalue weighted by Gasteiger charge is 2.07. The fraction of sp³-hybridized carbons (Fsp3) is 0.889. The van der Waals surface area contributed by atoms with E-state index in [-0.39, 0.29) is 0 Å². The second-order valence-corrected chi connectivity index (χ2v) is 3.08. The van der Waals surface area contributed by atoms with Crippen molar-refractivity contribution in [3.63, 3.8) is 0 Å². The number of unbranched alkanes of at least 4 members (excludes halogenated alkanes) is 1. The van der Waals surface area contributed by atoms with Gasteiger partial charge in [0.2, 0.25) is 0 Å². The molecule has 0 rings (SSSR count). The van der Waals surface area contributed by atoms with Crippen LogP contribution in [-0.4, -0.2) is 12.6 Å². The Labute approximate surface area is 74.2 Å². The van der Waals surface area contributed by atoms with Crippen molar-refractivity contribution < 1.29 is 9.90 Å². The smallest absolute Gasteiger partial charge is 0.318 e. The average molecular weight is 172 g/mol. The van der Waals surface area contributed by atoms with Crippen molar-refractivity contribution in [3.05, 3.63) is 0 Å². The lowest BCUT2D eigenvalue weighted by Gasteiger charge is -2.12. The van der Waals surface area contributed by atoms with Crippen LogP contribution in [0.5, 0.6) is 0 Å². The summed E-state index contributed by atoms with van der Waals surface area (Å²) in [5.41, 5.74) is 0. The maximum absolute atomic E-state index is 10.1. The fourth-order valence-electron chi connectivity index (χ4n) is 1.17. The second-order valence-electron chi connectivity index (χ2n) is 3.08. The van der Waals surface area contributed by atoms with Gasteiger partial charge in [0.05, 0.1) is 0 Å². The van der Waals surface area contributed by atoms with E-state index < -0.39 is 6.09 Å². The van der Waals surface area contributed by atoms with Gasteiger partial charge in [-0.2, -0.15) is 0 Å². The summed E-state index contributed by atoms with van der Waals surface area (Å²) in [6.07, 6.45) is 3.31. The van der Waals surface area contributed by atoms with E-state index in [2.05, 4.69) is 19.2 Å². The van der Waals surface area contributed by atoms with Gasteiger partial charge in [0, 0.05) is 6.54 Å². The summed E-state index contributed by atoms with van der Waals surface area (Å²) in [7, 11) is 0. The largest absolute Gasteiger partial charge is 0.450 e. The summed E-state index contributed by atoms with van der Waals surface area (Å²) < 4.78 is 0. The number of carbonyl (C=O) groups is 1. The maximum Gasteiger partial charge on any atom is 0.450 e. The molecule has 0 saturated carbocycles. The highest BCUT2D eigenvalue weighted by Crippen LogP contribution is 2.10. The number of rotatable bonds is 6. The lowest BCUT2D eigenvalue weighted by atomic mass is 10.00. The van der Waals surface area contributed by atoms with Gasteiger partial charge in [-0.3, -0.25) is 0 Å². The highest BCUT2D eigenvalue weighted by atomic mass is 16.4. The zero-order valence-electron chi connectivity index (χ0n) is 7.93. The van der Waals surface area contributed by atoms with Crippen molar-refractivity contribution >= 4 is 6.09 Å². The molecule has 3 nitrogen and oxygen atoms in total. The van der Waals surface area contributed by atoms with E-state index >= 15 is 0 Å². The summed E-state index contributed by atoms with van der Waals surface area (Å²) in [6.45, 7) is 4.76. The Hall–Kier alpha value is -0.730. The van der Waals surface area contributed by atoms with Gasteiger partial charge in [0.1, 0.15) is 0 Å². The molecule has 1 unspecified atom stereocenters. The Kier molecular flexibility index (Phi) is 6.53. The molecule has 3 heteroatoms. The molecule has 0 heterocycles. The number of hydrogen-bond donors (Lipinski definition) is 1. The van der Waals surface area contributed by atoms with Crippen LogP contribution in [0.15, 0.2) is 0 Å². The number of nitrogens with one attached hydrogen (secondary N) is 1. The van der Waals surface area contributed by atoms with Crippen molar-refractivity contribution in [1.82, 2.24) is 5.32 Å². The highest BCUT2D eigenvalue weighted by molar-refractivity contribution is 5.63. The van der Waals surface area contributed by atoms with E-state index in [0.717, 1.165) is 12.8 Å². The molecule has 0 aromatic carbocycles. The van der Waals surface area contributed by atoms with Gasteiger partial charge in [-0.05, 0) is 12.3 Å². The molecule has 0 aliphatic carbocycles. The van der Waals surface area contributed by atoms with Crippen LogP contribution in [-0.2, 0) is 5.11 Å². The molecular formula is C9H18NO2. The summed E-state index contributed by atoms with van der Waals surface area (Å²) in [4.78, 5) is 10.1. The van der Waals surface area contributed by atoms with Gasteiger partial charge < -0.3 is 5.32 Å². The van der Waals surface area contributed by atoms with Gasteiger partial charge in [-0.1, -0.05) is 33.1 Å². The summed E-state index contributed by atoms with van der Waals surface area (Å²) in [5.74, 6) is 0.475. The molecule has 0 aromatic rings. The molecule has 1 radical (unpaired) electrons. The average Bonchev–Trinajstić information content (AvgIpc) is 2.05. The number of hydrogen-bond acceptors (Lipinski definition) is 1. The Morgan fingerprint density at radius 1 is 1.42 bits per heavy atom. The molecule has 12 heavy (non-hydrogen) atoms. The van der Waals surface area contributed by atoms with Crippen molar-refractivity contribution in [2.24, 2.45) is 5.92 Å². The molecule has 0 aromatic heterocycles. The number of carbonyl (C=O) groups excluding carboxylic acids is 1. The minimum absolute atomic E-state index is 0.475. The maximum atomic E-state index is 10.1. The Morgan fingerprint density at radius 3 is 2.50 bits per heavy atom. The predicted molar refractivity (Wildman–Crippen MR) is 47.4 cm³/mol. The third-order valence-corrected chi connectivity index (χ3v) is 2.08. The van der Waals surface area contributed by atoms with Crippen LogP contribution in [0.1, 0.15) is 39.5 Å². The fourth-order valence-corrected chi connectivity index (χ4v) is 1.17. The summed E-state index contributed by atoms with van der Waals surface area (Å²) in [6, 6.07) is 0. The van der Waals surface area contributed by atoms with Gasteiger partial charge in [-0.15, -0.1) is 0 Å². The minimum Gasteiger partial charge on any atom is -0.318 e. The van der Waals surface area contributed by atoms with Crippen LogP contribution in [0, 0.1) is 5.92 Å². The minimum atomic E-state index is -1.16. The first kappa shape index (κ1) is 11.3. The zero-order chi connectivity index (χ0) is 9.40. The molecule has 1 atom stereocenters. The van der Waals surface area contributed by atoms with E-state index in [4.69, 9.17) is 0 Å². The van der Waals surface area contributed by atoms with Crippen LogP contribution >= 0.6 is 0 Å². The predicted octanol–water partition coefficient (Wildman–Crippen LogP) is 2.34. The Bertz CT molecular complexity index is 126. The normalized spacial score (nSPS) is 12.5. The lowest BCUT2D eigenvalue weighted by molar-refractivity contribution is 0.166. The van der Waals surface area contributed by atoms with Gasteiger partial charge in [0.15, 0.2) is 0 Å². The Balaban J connectivity index is 3.45. The Morgan fingerprint density at radius 2 is 2.08 bits per heavy atom. The van der Waals surface area contributed by atoms with Crippen LogP contribution < -0.4 is 5.32 Å². The van der Waals surface area contributed by atoms with E-state index in [0.29, 0.717) is 12.5 Å². The quantitative estimate of drug-likeness (QED) is 0.656. The second kappa shape index (κ2) is 6.95. The van der Waals surface area contributed by atoms with Crippen LogP contribution in [0.4, 0.5) is 4.79 Å². The molecule has 0 fully saturated rings. The summed E-state index contributed by atoms with van der Waals surface area (Å²) in [5, 5.41) is 12.4. The van der Waals surface area contributed by atoms with Crippen molar-refractivity contribution in [2.45, 2.75) is 39.5 Å². The van der Waals surface area contributed by atoms with E-state index in [1.807, 2.05) is 0 Å². The molecule has 0 spiro atoms. The monoisotopic (exact) mass is 172 g/mol. The molecule has 71 valence electrons. The van der Waals surface area contributed by atoms with Gasteiger partial charge in [-0.25, -0.2) is 9.90 Å². The topological polar surface area (TPSA) is 49.0 Å². The molecule has 1 N–H and O–H groups in total. The van der Waals surface area contributed by atoms with Gasteiger partial charge in [0.25, 0.3) is 0 Å². The molecular weight excluding hydrogens is 154 g/mol. The van der Waals surface area contributed by atoms with Crippen LogP contribution in [0.25, 0.3) is 0 Å². The van der Waals surface area contributed by atoms with E-state index in [1.165, 1.54) is 12.8 Å². The first-order valence-corrected chi connectivity index (χ1v) is 4.65. The first-order chi connectivity index (χ1) is 5.70. The third kappa shape index (κ3) is 6.01. The van der Waals surface area contributed by atoms with E-state index in [1.54, 1.807) is 0 Å². The molecule has 0 bridgehead atoms. The van der Waals surface area contributed by atoms with Crippen molar-refractivity contribution in [2.75, 3.05) is 6.54 Å². The van der Waals surface area contributed by atoms with E-state index in [9.17, 15) is 9.90 Å². The van der Waals surface area contributed by atoms with Crippen molar-refractivity contribution in [3.8, 4) is 0 Å². The van der Waals surface area contributed by atoms with Gasteiger partial charge >= 0.3 is 6.09 Å². The SMILES string of the molecule is CCCCC(CC)CNC([O])=O.